The molecular formula is C62H92N4O10S2. The molecule has 16 heteroatoms. The summed E-state index contributed by atoms with van der Waals surface area (Å²) in [6.07, 6.45) is 17.3. The first-order chi connectivity index (χ1) is 37.7. The highest BCUT2D eigenvalue weighted by Gasteiger charge is 2.60. The number of aliphatic hydroxyl groups is 3. The second kappa shape index (κ2) is 25.2. The number of carbonyl (C=O) groups is 3. The van der Waals surface area contributed by atoms with Gasteiger partial charge in [0.1, 0.15) is 17.7 Å². The zero-order valence-corrected chi connectivity index (χ0v) is 48.5. The molecule has 1 amide bonds. The van der Waals surface area contributed by atoms with Crippen LogP contribution in [-0.2, 0) is 23.9 Å². The van der Waals surface area contributed by atoms with Gasteiger partial charge in [0.25, 0.3) is 0 Å². The number of aliphatic hydroxyl groups excluding tert-OH is 2. The van der Waals surface area contributed by atoms with Crippen molar-refractivity contribution in [2.45, 2.75) is 196 Å². The number of piperidine rings is 2. The van der Waals surface area contributed by atoms with Gasteiger partial charge in [-0.15, -0.1) is 5.92 Å². The van der Waals surface area contributed by atoms with Crippen molar-refractivity contribution in [2.75, 3.05) is 57.9 Å². The lowest BCUT2D eigenvalue weighted by molar-refractivity contribution is -0.183. The van der Waals surface area contributed by atoms with E-state index in [0.717, 1.165) is 88.4 Å². The predicted molar refractivity (Wildman–Crippen MR) is 306 cm³/mol. The van der Waals surface area contributed by atoms with Crippen molar-refractivity contribution in [3.05, 3.63) is 35.4 Å². The molecule has 3 saturated heterocycles. The standard InChI is InChI=1S/C62H92N4O10S2/c1-39(68)75-52-32-53(76-58(72)62-24-5-4-14-44(62)15-20-54(71)66-62)61(25-28-64-29-26-61)56-42(31-47-48(60(37-67)22-6-7-23-60)35-74-57-51(70)19-17-46(56)55(47)57)12-9-13-43-33-59(2,73)38-78-77-36-49(50(69)18-16-45(43)52)65-34-41-11-8-10-40(30-41)21-27-63-3/h8,11,17,19,40-45,47-50,52-53,56,63-65,67,69-70,73H,4-7,10,13-16,18,20-38H2,1-3H3,(H,66,71). The fourth-order valence-electron chi connectivity index (χ4n) is 17.1. The van der Waals surface area contributed by atoms with Crippen LogP contribution in [0.2, 0.25) is 0 Å². The lowest BCUT2D eigenvalue weighted by Crippen LogP contribution is -2.65. The van der Waals surface area contributed by atoms with Gasteiger partial charge in [0.05, 0.1) is 18.3 Å². The summed E-state index contributed by atoms with van der Waals surface area (Å²) in [5.74, 6) is 8.07. The SMILES string of the molecule is CNCCC1CC=CC(CNC2CSSCC(C)(O)CC3CC#CC4CC5c6c(ccc(O)c6OCC5C5(CO)CCCC5)C4C4(CCNCC4)C(OC(=O)C45CCCCC4CCC(=O)N5)CC(OC(C)=O)C3CCC2O)C1. The number of esters is 2. The Morgan fingerprint density at radius 3 is 2.58 bits per heavy atom. The number of ether oxygens (including phenoxy) is 3. The molecule has 4 heterocycles. The lowest BCUT2D eigenvalue weighted by atomic mass is 9.51. The zero-order chi connectivity index (χ0) is 54.7. The fourth-order valence-corrected chi connectivity index (χ4v) is 19.9. The Kier molecular flexibility index (Phi) is 18.8. The molecule has 5 aliphatic carbocycles. The molecule has 1 spiro atoms. The minimum Gasteiger partial charge on any atom is -0.504 e. The molecule has 0 bridgehead atoms. The van der Waals surface area contributed by atoms with Crippen LogP contribution in [0.25, 0.3) is 0 Å². The first kappa shape index (κ1) is 58.2. The van der Waals surface area contributed by atoms with Crippen molar-refractivity contribution in [3.63, 3.8) is 0 Å². The number of benzene rings is 1. The highest BCUT2D eigenvalue weighted by molar-refractivity contribution is 8.76. The Labute approximate surface area is 472 Å². The van der Waals surface area contributed by atoms with Gasteiger partial charge in [0, 0.05) is 97.0 Å². The number of rotatable bonds is 11. The van der Waals surface area contributed by atoms with E-state index in [1.807, 2.05) is 14.0 Å². The number of allylic oxidation sites excluding steroid dienone is 1. The highest BCUT2D eigenvalue weighted by Crippen LogP contribution is 2.65. The van der Waals surface area contributed by atoms with Crippen LogP contribution in [-0.4, -0.2) is 132 Å². The van der Waals surface area contributed by atoms with Gasteiger partial charge in [-0.2, -0.15) is 0 Å². The first-order valence-corrected chi connectivity index (χ1v) is 32.8. The molecule has 0 radical (unpaired) electrons. The molecule has 2 saturated carbocycles. The lowest BCUT2D eigenvalue weighted by Gasteiger charge is -2.56. The topological polar surface area (TPSA) is 208 Å². The van der Waals surface area contributed by atoms with E-state index in [0.29, 0.717) is 113 Å². The molecule has 10 rings (SSSR count). The van der Waals surface area contributed by atoms with E-state index < -0.39 is 46.8 Å². The second-order valence-electron chi connectivity index (χ2n) is 26.0. The van der Waals surface area contributed by atoms with Gasteiger partial charge in [0.2, 0.25) is 5.91 Å². The van der Waals surface area contributed by atoms with Crippen LogP contribution < -0.4 is 26.0 Å². The summed E-state index contributed by atoms with van der Waals surface area (Å²) < 4.78 is 20.8. The maximum Gasteiger partial charge on any atom is 0.332 e. The third-order valence-corrected chi connectivity index (χ3v) is 23.8. The van der Waals surface area contributed by atoms with Crippen molar-refractivity contribution in [3.8, 4) is 23.3 Å². The molecule has 1 aromatic rings. The van der Waals surface area contributed by atoms with E-state index in [9.17, 15) is 30.0 Å². The predicted octanol–water partition coefficient (Wildman–Crippen LogP) is 8.05. The minimum absolute atomic E-state index is 0.00698. The number of fused-ring (bicyclic) bond motifs is 5. The average molecular weight is 1120 g/mol. The molecule has 0 aromatic heterocycles. The summed E-state index contributed by atoms with van der Waals surface area (Å²) >= 11 is 0. The smallest absolute Gasteiger partial charge is 0.332 e. The van der Waals surface area contributed by atoms with Gasteiger partial charge in [-0.05, 0) is 165 Å². The number of phenols is 1. The number of hydrogen-bond donors (Lipinski definition) is 8. The Balaban J connectivity index is 1.08. The largest absolute Gasteiger partial charge is 0.504 e. The number of amides is 1. The van der Waals surface area contributed by atoms with Crippen molar-refractivity contribution >= 4 is 39.4 Å². The van der Waals surface area contributed by atoms with Crippen LogP contribution in [0.3, 0.4) is 0 Å². The number of phenolic OH excluding ortho intramolecular Hbond substituents is 1. The van der Waals surface area contributed by atoms with Crippen LogP contribution in [0.4, 0.5) is 0 Å². The van der Waals surface area contributed by atoms with Gasteiger partial charge >= 0.3 is 11.9 Å². The number of hydrogen-bond acceptors (Lipinski definition) is 15. The van der Waals surface area contributed by atoms with Crippen molar-refractivity contribution in [1.82, 2.24) is 21.3 Å². The molecule has 14 nitrogen and oxygen atoms in total. The molecule has 432 valence electrons. The van der Waals surface area contributed by atoms with Crippen LogP contribution in [0.15, 0.2) is 24.3 Å². The fraction of sp³-hybridized carbons (Fsp3) is 0.790. The van der Waals surface area contributed by atoms with E-state index in [1.54, 1.807) is 27.7 Å². The minimum atomic E-state index is -1.18. The summed E-state index contributed by atoms with van der Waals surface area (Å²) in [6.45, 7) is 6.83. The summed E-state index contributed by atoms with van der Waals surface area (Å²) in [5.41, 5.74) is -1.39. The monoisotopic (exact) mass is 1120 g/mol. The van der Waals surface area contributed by atoms with Crippen LogP contribution in [0.5, 0.6) is 11.5 Å². The quantitative estimate of drug-likeness (QED) is 0.0457. The van der Waals surface area contributed by atoms with E-state index in [4.69, 9.17) is 14.2 Å². The Morgan fingerprint density at radius 2 is 1.79 bits per heavy atom. The van der Waals surface area contributed by atoms with Crippen LogP contribution >= 0.6 is 21.6 Å². The van der Waals surface area contributed by atoms with Gasteiger partial charge in [-0.1, -0.05) is 71.4 Å². The van der Waals surface area contributed by atoms with Crippen LogP contribution in [0, 0.1) is 64.1 Å². The van der Waals surface area contributed by atoms with Gasteiger partial charge in [-0.3, -0.25) is 9.59 Å². The normalized spacial score (nSPS) is 38.5. The first-order valence-electron chi connectivity index (χ1n) is 30.4. The van der Waals surface area contributed by atoms with Gasteiger partial charge in [0.15, 0.2) is 11.5 Å². The van der Waals surface area contributed by atoms with E-state index in [2.05, 4.69) is 51.3 Å². The summed E-state index contributed by atoms with van der Waals surface area (Å²) in [5, 5.41) is 62.0. The third kappa shape index (κ3) is 12.2. The second-order valence-corrected chi connectivity index (χ2v) is 28.5. The number of nitrogens with one attached hydrogen (secondary N) is 4. The Morgan fingerprint density at radius 1 is 0.987 bits per heavy atom. The maximum absolute atomic E-state index is 15.8. The third-order valence-electron chi connectivity index (χ3n) is 21.1. The summed E-state index contributed by atoms with van der Waals surface area (Å²) in [6, 6.07) is 3.59. The molecule has 1 aromatic carbocycles. The molecule has 4 aliphatic heterocycles. The average Bonchev–Trinajstić information content (AvgIpc) is 3.95. The highest BCUT2D eigenvalue weighted by atomic mass is 33.1. The molecule has 9 aliphatic rings. The molecule has 5 fully saturated rings. The molecular weight excluding hydrogens is 1020 g/mol. The van der Waals surface area contributed by atoms with Crippen molar-refractivity contribution in [1.29, 1.82) is 0 Å². The van der Waals surface area contributed by atoms with E-state index >= 15 is 4.79 Å². The van der Waals surface area contributed by atoms with Crippen molar-refractivity contribution in [2.24, 2.45) is 52.3 Å². The van der Waals surface area contributed by atoms with E-state index in [-0.39, 0.29) is 77.6 Å². The molecule has 8 N–H and O–H groups in total. The summed E-state index contributed by atoms with van der Waals surface area (Å²) in [4.78, 5) is 43.2. The Bertz CT molecular complexity index is 2360. The molecule has 15 unspecified atom stereocenters. The van der Waals surface area contributed by atoms with E-state index in [1.165, 1.54) is 6.92 Å². The summed E-state index contributed by atoms with van der Waals surface area (Å²) in [7, 11) is 5.32. The Hall–Kier alpha value is -3.01. The maximum atomic E-state index is 15.8. The zero-order valence-electron chi connectivity index (χ0n) is 46.9. The van der Waals surface area contributed by atoms with Gasteiger partial charge in [-0.25, -0.2) is 4.79 Å². The van der Waals surface area contributed by atoms with Crippen molar-refractivity contribution < 1.29 is 49.0 Å². The molecule has 78 heavy (non-hydrogen) atoms. The van der Waals surface area contributed by atoms with Gasteiger partial charge < -0.3 is 55.9 Å². The number of carbonyl (C=O) groups excluding carboxylic acids is 3. The van der Waals surface area contributed by atoms with Crippen LogP contribution in [0.1, 0.15) is 172 Å². The number of aromatic hydroxyl groups is 1. The molecule has 15 atom stereocenters.